The van der Waals surface area contributed by atoms with Crippen molar-refractivity contribution in [2.75, 3.05) is 6.61 Å². The van der Waals surface area contributed by atoms with Crippen LogP contribution in [-0.2, 0) is 4.74 Å². The third-order valence-electron chi connectivity index (χ3n) is 5.57. The van der Waals surface area contributed by atoms with E-state index >= 15 is 0 Å². The van der Waals surface area contributed by atoms with Gasteiger partial charge in [0.2, 0.25) is 0 Å². The van der Waals surface area contributed by atoms with Gasteiger partial charge in [-0.2, -0.15) is 0 Å². The van der Waals surface area contributed by atoms with Crippen molar-refractivity contribution >= 4 is 23.4 Å². The Morgan fingerprint density at radius 1 is 1.25 bits per heavy atom. The second-order valence-corrected chi connectivity index (χ2v) is 9.99. The highest BCUT2D eigenvalue weighted by Gasteiger charge is 2.31. The lowest BCUT2D eigenvalue weighted by molar-refractivity contribution is 0.0693. The molecule has 0 aromatic carbocycles. The van der Waals surface area contributed by atoms with Gasteiger partial charge in [-0.3, -0.25) is 0 Å². The van der Waals surface area contributed by atoms with E-state index in [-0.39, 0.29) is 23.2 Å². The molecule has 3 aliphatic rings. The van der Waals surface area contributed by atoms with Gasteiger partial charge in [0.25, 0.3) is 0 Å². The molecule has 0 bridgehead atoms. The van der Waals surface area contributed by atoms with Crippen LogP contribution >= 0.6 is 23.4 Å². The summed E-state index contributed by atoms with van der Waals surface area (Å²) in [5.74, 6) is 1.19. The Bertz CT molecular complexity index is 719. The predicted molar refractivity (Wildman–Crippen MR) is 118 cm³/mol. The Kier molecular flexibility index (Phi) is 7.93. The van der Waals surface area contributed by atoms with Crippen molar-refractivity contribution in [3.05, 3.63) is 57.9 Å². The van der Waals surface area contributed by atoms with Gasteiger partial charge >= 0.3 is 0 Å². The van der Waals surface area contributed by atoms with Crippen molar-refractivity contribution in [3.8, 4) is 0 Å². The molecule has 5 heteroatoms. The van der Waals surface area contributed by atoms with Crippen molar-refractivity contribution < 1.29 is 14.9 Å². The van der Waals surface area contributed by atoms with Crippen molar-refractivity contribution in [1.29, 1.82) is 0 Å². The van der Waals surface area contributed by atoms with Gasteiger partial charge in [-0.25, -0.2) is 0 Å². The Labute approximate surface area is 177 Å². The zero-order valence-electron chi connectivity index (χ0n) is 16.7. The molecule has 3 nitrogen and oxygen atoms in total. The van der Waals surface area contributed by atoms with E-state index in [1.165, 1.54) is 16.7 Å². The Morgan fingerprint density at radius 2 is 2.07 bits per heavy atom. The minimum atomic E-state index is -0.421. The van der Waals surface area contributed by atoms with E-state index in [1.54, 1.807) is 11.8 Å². The van der Waals surface area contributed by atoms with E-state index < -0.39 is 6.10 Å². The van der Waals surface area contributed by atoms with Gasteiger partial charge in [0.1, 0.15) is 11.2 Å². The molecule has 4 atom stereocenters. The van der Waals surface area contributed by atoms with Crippen molar-refractivity contribution in [2.24, 2.45) is 5.92 Å². The number of allylic oxidation sites excluding steroid dienone is 10. The van der Waals surface area contributed by atoms with Crippen LogP contribution < -0.4 is 0 Å². The first-order valence-corrected chi connectivity index (χ1v) is 11.5. The smallest absolute Gasteiger partial charge is 0.146 e. The molecule has 1 fully saturated rings. The first kappa shape index (κ1) is 21.8. The van der Waals surface area contributed by atoms with Crippen LogP contribution in [0.1, 0.15) is 52.4 Å². The summed E-state index contributed by atoms with van der Waals surface area (Å²) in [5.41, 5.74) is 3.90. The first-order chi connectivity index (χ1) is 13.4. The number of halogens is 1. The minimum absolute atomic E-state index is 0.0283. The fourth-order valence-corrected chi connectivity index (χ4v) is 5.53. The van der Waals surface area contributed by atoms with E-state index in [2.05, 4.69) is 32.1 Å². The van der Waals surface area contributed by atoms with E-state index in [1.807, 2.05) is 12.2 Å². The molecule has 0 radical (unpaired) electrons. The van der Waals surface area contributed by atoms with Crippen LogP contribution in [0.25, 0.3) is 0 Å². The Balaban J connectivity index is 1.77. The first-order valence-electron chi connectivity index (χ1n) is 10.2. The minimum Gasteiger partial charge on any atom is -0.484 e. The molecule has 1 saturated heterocycles. The highest BCUT2D eigenvalue weighted by molar-refractivity contribution is 8.00. The Morgan fingerprint density at radius 3 is 2.86 bits per heavy atom. The zero-order valence-corrected chi connectivity index (χ0v) is 18.3. The summed E-state index contributed by atoms with van der Waals surface area (Å²) in [6.45, 7) is 4.42. The molecule has 0 aromatic rings. The van der Waals surface area contributed by atoms with Crippen LogP contribution in [0, 0.1) is 5.92 Å². The standard InChI is InChI=1S/C23H31ClO3S/c1-15-4-3-5-17(16(2)10-15)11-18-6-7-19(24)8-9-22(18)27-23-13-20(26)12-21(14-25)28-23/h3,5,8-10,18,20-21,23,25-26H,4,6-7,11-14H2,1-2H3. The molecular formula is C23H31ClO3S. The van der Waals surface area contributed by atoms with Crippen LogP contribution in [0.15, 0.2) is 57.9 Å². The molecule has 2 aliphatic carbocycles. The van der Waals surface area contributed by atoms with Gasteiger partial charge in [-0.15, -0.1) is 11.8 Å². The largest absolute Gasteiger partial charge is 0.484 e. The van der Waals surface area contributed by atoms with Crippen molar-refractivity contribution in [1.82, 2.24) is 0 Å². The molecule has 154 valence electrons. The number of ether oxygens (including phenoxy) is 1. The summed E-state index contributed by atoms with van der Waals surface area (Å²) in [6, 6.07) is 0. The van der Waals surface area contributed by atoms with Gasteiger partial charge in [0.15, 0.2) is 0 Å². The summed E-state index contributed by atoms with van der Waals surface area (Å²) >= 11 is 7.95. The zero-order chi connectivity index (χ0) is 20.1. The number of hydrogen-bond acceptors (Lipinski definition) is 4. The van der Waals surface area contributed by atoms with Crippen molar-refractivity contribution in [3.63, 3.8) is 0 Å². The second-order valence-electron chi connectivity index (χ2n) is 8.04. The number of thioether (sulfide) groups is 1. The van der Waals surface area contributed by atoms with Gasteiger partial charge in [-0.1, -0.05) is 35.4 Å². The third-order valence-corrected chi connectivity index (χ3v) is 7.21. The summed E-state index contributed by atoms with van der Waals surface area (Å²) in [6.07, 6.45) is 15.2. The van der Waals surface area contributed by atoms with E-state index in [0.717, 1.165) is 36.5 Å². The highest BCUT2D eigenvalue weighted by atomic mass is 35.5. The number of rotatable bonds is 5. The molecule has 3 rings (SSSR count). The molecule has 4 unspecified atom stereocenters. The maximum Gasteiger partial charge on any atom is 0.146 e. The SMILES string of the molecule is CC1=CC(C)=C(CC2CCC(Cl)=CC=C2OC2CC(O)CC(CO)S2)C=CC1. The lowest BCUT2D eigenvalue weighted by atomic mass is 9.91. The average Bonchev–Trinajstić information content (AvgIpc) is 2.92. The van der Waals surface area contributed by atoms with Crippen LogP contribution in [0.3, 0.4) is 0 Å². The summed E-state index contributed by atoms with van der Waals surface area (Å²) < 4.78 is 6.39. The molecule has 2 N–H and O–H groups in total. The normalized spacial score (nSPS) is 31.5. The second kappa shape index (κ2) is 10.2. The number of aliphatic hydroxyl groups is 2. The van der Waals surface area contributed by atoms with Crippen LogP contribution in [0.2, 0.25) is 0 Å². The summed E-state index contributed by atoms with van der Waals surface area (Å²) in [4.78, 5) is 0. The monoisotopic (exact) mass is 422 g/mol. The predicted octanol–water partition coefficient (Wildman–Crippen LogP) is 5.61. The third kappa shape index (κ3) is 6.03. The maximum absolute atomic E-state index is 10.1. The number of hydrogen-bond donors (Lipinski definition) is 2. The topological polar surface area (TPSA) is 49.7 Å². The molecule has 28 heavy (non-hydrogen) atoms. The van der Waals surface area contributed by atoms with E-state index in [4.69, 9.17) is 16.3 Å². The lowest BCUT2D eigenvalue weighted by Gasteiger charge is -2.33. The molecule has 0 saturated carbocycles. The Hall–Kier alpha value is -0.940. The molecule has 0 aromatic heterocycles. The van der Waals surface area contributed by atoms with Gasteiger partial charge in [-0.05, 0) is 69.2 Å². The fourth-order valence-electron chi connectivity index (χ4n) is 4.01. The van der Waals surface area contributed by atoms with Crippen LogP contribution in [-0.4, -0.2) is 33.6 Å². The quantitative estimate of drug-likeness (QED) is 0.604. The summed E-state index contributed by atoms with van der Waals surface area (Å²) in [7, 11) is 0. The van der Waals surface area contributed by atoms with Crippen molar-refractivity contribution in [2.45, 2.75) is 69.2 Å². The molecule has 1 aliphatic heterocycles. The van der Waals surface area contributed by atoms with E-state index in [0.29, 0.717) is 12.8 Å². The molecular weight excluding hydrogens is 392 g/mol. The highest BCUT2D eigenvalue weighted by Crippen LogP contribution is 2.39. The van der Waals surface area contributed by atoms with Gasteiger partial charge in [0.05, 0.1) is 12.7 Å². The summed E-state index contributed by atoms with van der Waals surface area (Å²) in [5, 5.41) is 20.5. The molecule has 1 heterocycles. The van der Waals surface area contributed by atoms with Gasteiger partial charge < -0.3 is 14.9 Å². The molecule has 0 amide bonds. The average molecular weight is 423 g/mol. The fraction of sp³-hybridized carbons (Fsp3) is 0.565. The number of aliphatic hydroxyl groups excluding tert-OH is 2. The van der Waals surface area contributed by atoms with Gasteiger partial charge in [0, 0.05) is 22.6 Å². The van der Waals surface area contributed by atoms with Crippen LogP contribution in [0.4, 0.5) is 0 Å². The maximum atomic E-state index is 10.1. The van der Waals surface area contributed by atoms with Crippen LogP contribution in [0.5, 0.6) is 0 Å². The lowest BCUT2D eigenvalue weighted by Crippen LogP contribution is -2.32. The van der Waals surface area contributed by atoms with E-state index in [9.17, 15) is 10.2 Å². The molecule has 0 spiro atoms.